The van der Waals surface area contributed by atoms with Gasteiger partial charge in [0.15, 0.2) is 11.4 Å². The Bertz CT molecular complexity index is 1260. The summed E-state index contributed by atoms with van der Waals surface area (Å²) in [6, 6.07) is 18.3. The summed E-state index contributed by atoms with van der Waals surface area (Å²) in [7, 11) is -2.01. The molecule has 2 aromatic carbocycles. The molecule has 0 atom stereocenters. The van der Waals surface area contributed by atoms with Crippen LogP contribution in [0.3, 0.4) is 0 Å². The van der Waals surface area contributed by atoms with Crippen molar-refractivity contribution >= 4 is 41.4 Å². The van der Waals surface area contributed by atoms with Gasteiger partial charge in [-0.25, -0.2) is 9.97 Å². The average Bonchev–Trinajstić information content (AvgIpc) is 3.09. The Morgan fingerprint density at radius 3 is 1.81 bits per heavy atom. The van der Waals surface area contributed by atoms with Crippen molar-refractivity contribution in [1.29, 1.82) is 0 Å². The molecule has 4 aromatic rings. The number of carbonyl (C=O) groups excluding carboxylic acids is 1. The number of benzene rings is 2. The molecule has 0 saturated carbocycles. The second-order valence-corrected chi connectivity index (χ2v) is 15.6. The van der Waals surface area contributed by atoms with E-state index in [0.717, 1.165) is 33.4 Å². The van der Waals surface area contributed by atoms with Crippen LogP contribution in [-0.4, -0.2) is 28.4 Å². The third-order valence-corrected chi connectivity index (χ3v) is 14.1. The van der Waals surface area contributed by atoms with Crippen molar-refractivity contribution in [3.8, 4) is 5.69 Å². The molecule has 4 nitrogen and oxygen atoms in total. The summed E-state index contributed by atoms with van der Waals surface area (Å²) in [5.41, 5.74) is 7.08. The van der Waals surface area contributed by atoms with Crippen LogP contribution < -0.4 is 5.32 Å². The van der Waals surface area contributed by atoms with E-state index in [4.69, 9.17) is 9.97 Å². The Balaban J connectivity index is 2.13. The molecule has 4 rings (SSSR count). The lowest BCUT2D eigenvalue weighted by Crippen LogP contribution is -2.58. The number of para-hydroxylation sites is 2. The molecule has 2 heterocycles. The van der Waals surface area contributed by atoms with Crippen molar-refractivity contribution in [1.82, 2.24) is 14.5 Å². The van der Waals surface area contributed by atoms with Gasteiger partial charge in [-0.15, -0.1) is 0 Å². The summed E-state index contributed by atoms with van der Waals surface area (Å²) >= 11 is 0. The zero-order chi connectivity index (χ0) is 23.2. The van der Waals surface area contributed by atoms with Crippen LogP contribution in [-0.2, 0) is 0 Å². The van der Waals surface area contributed by atoms with E-state index in [1.807, 2.05) is 36.4 Å². The topological polar surface area (TPSA) is 47.8 Å². The largest absolute Gasteiger partial charge is 0.301 e. The van der Waals surface area contributed by atoms with Crippen LogP contribution in [0.4, 0.5) is 0 Å². The Kier molecular flexibility index (Phi) is 5.80. The van der Waals surface area contributed by atoms with Gasteiger partial charge in [-0.05, 0) is 66.0 Å². The van der Waals surface area contributed by atoms with Gasteiger partial charge in [0.05, 0.1) is 11.0 Å². The van der Waals surface area contributed by atoms with E-state index in [2.05, 4.69) is 64.3 Å². The highest BCUT2D eigenvalue weighted by atomic mass is 28.3. The lowest BCUT2D eigenvalue weighted by molar-refractivity contribution is 0.101. The first-order valence-corrected chi connectivity index (χ1v) is 13.8. The second kappa shape index (κ2) is 8.28. The van der Waals surface area contributed by atoms with Crippen LogP contribution in [0.5, 0.6) is 0 Å². The van der Waals surface area contributed by atoms with Gasteiger partial charge in [0.1, 0.15) is 13.6 Å². The number of rotatable bonds is 6. The van der Waals surface area contributed by atoms with Crippen LogP contribution in [0.2, 0.25) is 16.6 Å². The third kappa shape index (κ3) is 3.39. The Hall–Kier alpha value is -2.79. The standard InChI is InChI=1S/C27H33N3OSi/c1-17(2)32(18(3)4,19(5)6)26-16-25-27(29-24-11-9-8-10-23(24)28-25)30(26)22-14-12-21(13-15-22)20(7)31/h8-19H,1-7H3. The number of hydrogen-bond acceptors (Lipinski definition) is 3. The molecule has 0 fully saturated rings. The number of ketones is 1. The highest BCUT2D eigenvalue weighted by Crippen LogP contribution is 2.42. The minimum atomic E-state index is -2.01. The van der Waals surface area contributed by atoms with Crippen molar-refractivity contribution in [3.05, 3.63) is 60.2 Å². The lowest BCUT2D eigenvalue weighted by atomic mass is 10.1. The summed E-state index contributed by atoms with van der Waals surface area (Å²) in [5.74, 6) is 0.0789. The van der Waals surface area contributed by atoms with E-state index in [0.29, 0.717) is 16.6 Å². The summed E-state index contributed by atoms with van der Waals surface area (Å²) in [4.78, 5) is 22.0. The number of aromatic nitrogens is 3. The summed E-state index contributed by atoms with van der Waals surface area (Å²) in [5, 5.41) is 1.37. The Labute approximate surface area is 191 Å². The van der Waals surface area contributed by atoms with Gasteiger partial charge < -0.3 is 4.57 Å². The Morgan fingerprint density at radius 2 is 1.31 bits per heavy atom. The molecule has 0 saturated heterocycles. The molecule has 0 spiro atoms. The first kappa shape index (κ1) is 22.4. The lowest BCUT2D eigenvalue weighted by Gasteiger charge is -2.43. The molecule has 0 aliphatic heterocycles. The third-order valence-electron chi connectivity index (χ3n) is 7.15. The van der Waals surface area contributed by atoms with Gasteiger partial charge in [0.2, 0.25) is 0 Å². The molecule has 0 bridgehead atoms. The Morgan fingerprint density at radius 1 is 0.781 bits per heavy atom. The van der Waals surface area contributed by atoms with Gasteiger partial charge in [-0.1, -0.05) is 53.7 Å². The fourth-order valence-corrected chi connectivity index (χ4v) is 12.7. The monoisotopic (exact) mass is 443 g/mol. The van der Waals surface area contributed by atoms with Crippen molar-refractivity contribution in [2.45, 2.75) is 65.1 Å². The van der Waals surface area contributed by atoms with Gasteiger partial charge in [0, 0.05) is 16.6 Å². The molecule has 32 heavy (non-hydrogen) atoms. The number of Topliss-reactive ketones (excluding diaryl/α,β-unsaturated/α-hetero) is 1. The summed E-state index contributed by atoms with van der Waals surface area (Å²) in [6.45, 7) is 15.9. The maximum Gasteiger partial charge on any atom is 0.163 e. The first-order valence-electron chi connectivity index (χ1n) is 11.6. The molecule has 0 aliphatic rings. The maximum absolute atomic E-state index is 11.9. The number of nitrogens with zero attached hydrogens (tertiary/aromatic N) is 3. The van der Waals surface area contributed by atoms with Gasteiger partial charge in [0.25, 0.3) is 0 Å². The number of hydrogen-bond donors (Lipinski definition) is 0. The van der Waals surface area contributed by atoms with Crippen molar-refractivity contribution in [2.75, 3.05) is 0 Å². The van der Waals surface area contributed by atoms with Crippen LogP contribution in [0.15, 0.2) is 54.6 Å². The molecular formula is C27H33N3OSi. The number of carbonyl (C=O) groups is 1. The molecule has 0 radical (unpaired) electrons. The van der Waals surface area contributed by atoms with Crippen molar-refractivity contribution < 1.29 is 4.79 Å². The van der Waals surface area contributed by atoms with Crippen molar-refractivity contribution in [2.24, 2.45) is 0 Å². The highest BCUT2D eigenvalue weighted by Gasteiger charge is 2.47. The summed E-state index contributed by atoms with van der Waals surface area (Å²) < 4.78 is 2.34. The van der Waals surface area contributed by atoms with Gasteiger partial charge in [-0.3, -0.25) is 4.79 Å². The van der Waals surface area contributed by atoms with Crippen LogP contribution in [0, 0.1) is 0 Å². The highest BCUT2D eigenvalue weighted by molar-refractivity contribution is 6.94. The minimum Gasteiger partial charge on any atom is -0.301 e. The second-order valence-electron chi connectivity index (χ2n) is 9.79. The van der Waals surface area contributed by atoms with Gasteiger partial charge in [-0.2, -0.15) is 0 Å². The maximum atomic E-state index is 11.9. The zero-order valence-electron chi connectivity index (χ0n) is 20.2. The SMILES string of the molecule is CC(=O)c1ccc(-n2c([Si](C(C)C)(C(C)C)C(C)C)cc3nc4ccccc4nc32)cc1. The zero-order valence-corrected chi connectivity index (χ0v) is 21.2. The fourth-order valence-electron chi connectivity index (χ4n) is 5.89. The van der Waals surface area contributed by atoms with E-state index >= 15 is 0 Å². The molecule has 0 N–H and O–H groups in total. The first-order chi connectivity index (χ1) is 15.2. The molecular weight excluding hydrogens is 410 g/mol. The molecule has 2 aromatic heterocycles. The smallest absolute Gasteiger partial charge is 0.163 e. The van der Waals surface area contributed by atoms with Crippen LogP contribution in [0.1, 0.15) is 58.8 Å². The average molecular weight is 444 g/mol. The molecule has 166 valence electrons. The fraction of sp³-hybridized carbons (Fsp3) is 0.370. The van der Waals surface area contributed by atoms with E-state index in [1.165, 1.54) is 5.32 Å². The molecule has 5 heteroatoms. The van der Waals surface area contributed by atoms with Crippen molar-refractivity contribution in [3.63, 3.8) is 0 Å². The quantitative estimate of drug-likeness (QED) is 0.247. The predicted molar refractivity (Wildman–Crippen MR) is 137 cm³/mol. The van der Waals surface area contributed by atoms with Crippen LogP contribution >= 0.6 is 0 Å². The van der Waals surface area contributed by atoms with Crippen LogP contribution in [0.25, 0.3) is 27.9 Å². The van der Waals surface area contributed by atoms with E-state index < -0.39 is 8.07 Å². The predicted octanol–water partition coefficient (Wildman–Crippen LogP) is 6.66. The summed E-state index contributed by atoms with van der Waals surface area (Å²) in [6.07, 6.45) is 0. The van der Waals surface area contributed by atoms with E-state index in [1.54, 1.807) is 6.92 Å². The van der Waals surface area contributed by atoms with E-state index in [-0.39, 0.29) is 5.78 Å². The van der Waals surface area contributed by atoms with E-state index in [9.17, 15) is 4.79 Å². The minimum absolute atomic E-state index is 0.0789. The molecule has 0 amide bonds. The molecule has 0 aliphatic carbocycles. The molecule has 0 unspecified atom stereocenters. The number of fused-ring (bicyclic) bond motifs is 2. The normalized spacial score (nSPS) is 12.6. The van der Waals surface area contributed by atoms with Gasteiger partial charge >= 0.3 is 0 Å².